The van der Waals surface area contributed by atoms with Gasteiger partial charge in [0.25, 0.3) is 0 Å². The molecular weight excluding hydrogens is 339 g/mol. The zero-order valence-electron chi connectivity index (χ0n) is 13.5. The molecule has 1 amide bonds. The Morgan fingerprint density at radius 2 is 2.00 bits per heavy atom. The number of rotatable bonds is 5. The van der Waals surface area contributed by atoms with Gasteiger partial charge >= 0.3 is 6.36 Å². The van der Waals surface area contributed by atoms with E-state index in [1.54, 1.807) is 19.9 Å². The number of nitrogens with one attached hydrogen (secondary N) is 1. The van der Waals surface area contributed by atoms with E-state index in [0.717, 1.165) is 11.6 Å². The first-order chi connectivity index (χ1) is 11.7. The number of carbonyl (C=O) groups excluding carboxylic acids is 1. The number of nitrogens with two attached hydrogens (primary N) is 1. The van der Waals surface area contributed by atoms with E-state index >= 15 is 0 Å². The van der Waals surface area contributed by atoms with Crippen LogP contribution in [0, 0.1) is 6.92 Å². The Bertz CT molecular complexity index is 779. The van der Waals surface area contributed by atoms with E-state index in [2.05, 4.69) is 15.0 Å². The van der Waals surface area contributed by atoms with E-state index in [4.69, 9.17) is 10.5 Å². The highest BCUT2D eigenvalue weighted by atomic mass is 19.4. The highest BCUT2D eigenvalue weighted by molar-refractivity contribution is 5.90. The summed E-state index contributed by atoms with van der Waals surface area (Å²) in [5, 5.41) is 2.45. The number of amides is 1. The van der Waals surface area contributed by atoms with Crippen molar-refractivity contribution in [1.29, 1.82) is 0 Å². The third-order valence-corrected chi connectivity index (χ3v) is 3.00. The highest BCUT2D eigenvalue weighted by Gasteiger charge is 2.33. The minimum Gasteiger partial charge on any atom is -0.433 e. The van der Waals surface area contributed by atoms with Crippen LogP contribution in [0.15, 0.2) is 30.5 Å². The first-order valence-corrected chi connectivity index (χ1v) is 7.27. The van der Waals surface area contributed by atoms with Crippen molar-refractivity contribution in [2.45, 2.75) is 26.6 Å². The van der Waals surface area contributed by atoms with E-state index < -0.39 is 12.1 Å². The number of aromatic nitrogens is 1. The highest BCUT2D eigenvalue weighted by Crippen LogP contribution is 2.38. The molecule has 0 unspecified atom stereocenters. The van der Waals surface area contributed by atoms with Gasteiger partial charge in [0.2, 0.25) is 11.8 Å². The minimum atomic E-state index is -4.93. The lowest BCUT2D eigenvalue weighted by Gasteiger charge is -2.15. The molecule has 1 heterocycles. The molecule has 1 aromatic heterocycles. The number of hydrogen-bond donors (Lipinski definition) is 2. The van der Waals surface area contributed by atoms with Gasteiger partial charge in [-0.3, -0.25) is 4.79 Å². The van der Waals surface area contributed by atoms with E-state index in [9.17, 15) is 18.0 Å². The lowest BCUT2D eigenvalue weighted by Crippen LogP contribution is -2.18. The van der Waals surface area contributed by atoms with Crippen LogP contribution < -0.4 is 20.5 Å². The third-order valence-electron chi connectivity index (χ3n) is 3.00. The predicted molar refractivity (Wildman–Crippen MR) is 85.5 cm³/mol. The van der Waals surface area contributed by atoms with Gasteiger partial charge in [0.05, 0.1) is 5.69 Å². The summed E-state index contributed by atoms with van der Waals surface area (Å²) >= 11 is 0. The molecule has 0 atom stereocenters. The number of ether oxygens (including phenoxy) is 2. The molecule has 0 bridgehead atoms. The number of hydrogen-bond acceptors (Lipinski definition) is 5. The zero-order chi connectivity index (χ0) is 18.6. The Balaban J connectivity index is 2.36. The molecule has 6 nitrogen and oxygen atoms in total. The molecule has 0 fully saturated rings. The first kappa shape index (κ1) is 18.4. The number of pyridine rings is 1. The lowest BCUT2D eigenvalue weighted by atomic mass is 10.2. The number of aryl methyl sites for hydroxylation is 1. The maximum Gasteiger partial charge on any atom is 0.573 e. The quantitative estimate of drug-likeness (QED) is 0.846. The summed E-state index contributed by atoms with van der Waals surface area (Å²) in [5.74, 6) is -1.27. The second-order valence-corrected chi connectivity index (χ2v) is 5.12. The van der Waals surface area contributed by atoms with Gasteiger partial charge in [-0.25, -0.2) is 4.98 Å². The van der Waals surface area contributed by atoms with Gasteiger partial charge in [-0.15, -0.1) is 13.2 Å². The lowest BCUT2D eigenvalue weighted by molar-refractivity contribution is -0.275. The molecule has 0 saturated heterocycles. The van der Waals surface area contributed by atoms with Gasteiger partial charge in [-0.1, -0.05) is 6.92 Å². The fourth-order valence-electron chi connectivity index (χ4n) is 1.89. The van der Waals surface area contributed by atoms with Crippen LogP contribution in [-0.4, -0.2) is 17.3 Å². The minimum absolute atomic E-state index is 0.0528. The molecule has 0 radical (unpaired) electrons. The monoisotopic (exact) mass is 355 g/mol. The summed E-state index contributed by atoms with van der Waals surface area (Å²) in [4.78, 5) is 15.3. The Morgan fingerprint density at radius 3 is 2.60 bits per heavy atom. The van der Waals surface area contributed by atoms with Crippen molar-refractivity contribution in [3.05, 3.63) is 36.0 Å². The van der Waals surface area contributed by atoms with E-state index in [0.29, 0.717) is 0 Å². The van der Waals surface area contributed by atoms with Gasteiger partial charge in [-0.05, 0) is 30.7 Å². The van der Waals surface area contributed by atoms with Crippen LogP contribution in [0.25, 0.3) is 0 Å². The fraction of sp³-hybridized carbons (Fsp3) is 0.250. The maximum absolute atomic E-state index is 12.6. The molecule has 2 rings (SSSR count). The predicted octanol–water partition coefficient (Wildman–Crippen LogP) is 4.01. The summed E-state index contributed by atoms with van der Waals surface area (Å²) in [6, 6.07) is 5.20. The van der Waals surface area contributed by atoms with Crippen LogP contribution in [-0.2, 0) is 4.79 Å². The molecule has 0 aliphatic rings. The summed E-state index contributed by atoms with van der Waals surface area (Å²) in [6.45, 7) is 3.38. The largest absolute Gasteiger partial charge is 0.573 e. The summed E-state index contributed by atoms with van der Waals surface area (Å²) < 4.78 is 47.3. The molecule has 0 spiro atoms. The molecule has 0 saturated carbocycles. The number of anilines is 2. The second-order valence-electron chi connectivity index (χ2n) is 5.12. The van der Waals surface area contributed by atoms with Crippen LogP contribution in [0.4, 0.5) is 24.5 Å². The second kappa shape index (κ2) is 7.29. The number of benzene rings is 1. The van der Waals surface area contributed by atoms with Gasteiger partial charge < -0.3 is 20.5 Å². The van der Waals surface area contributed by atoms with E-state index in [1.807, 2.05) is 0 Å². The van der Waals surface area contributed by atoms with E-state index in [-0.39, 0.29) is 35.3 Å². The molecule has 3 N–H and O–H groups in total. The first-order valence-electron chi connectivity index (χ1n) is 7.27. The number of alkyl halides is 3. The van der Waals surface area contributed by atoms with Gasteiger partial charge in [0.1, 0.15) is 0 Å². The molecular formula is C16H16F3N3O3. The van der Waals surface area contributed by atoms with Crippen molar-refractivity contribution in [2.24, 2.45) is 0 Å². The zero-order valence-corrected chi connectivity index (χ0v) is 13.5. The van der Waals surface area contributed by atoms with Gasteiger partial charge in [0.15, 0.2) is 11.5 Å². The summed E-state index contributed by atoms with van der Waals surface area (Å²) in [7, 11) is 0. The molecule has 134 valence electrons. The van der Waals surface area contributed by atoms with Crippen LogP contribution in [0.1, 0.15) is 18.9 Å². The smallest absolute Gasteiger partial charge is 0.433 e. The molecule has 25 heavy (non-hydrogen) atoms. The van der Waals surface area contributed by atoms with Crippen molar-refractivity contribution in [1.82, 2.24) is 4.98 Å². The van der Waals surface area contributed by atoms with Crippen molar-refractivity contribution >= 4 is 17.3 Å². The normalized spacial score (nSPS) is 11.1. The molecule has 9 heteroatoms. The van der Waals surface area contributed by atoms with Crippen molar-refractivity contribution in [2.75, 3.05) is 11.1 Å². The fourth-order valence-corrected chi connectivity index (χ4v) is 1.89. The number of halogens is 3. The molecule has 1 aromatic carbocycles. The van der Waals surface area contributed by atoms with Gasteiger partial charge in [0, 0.05) is 24.4 Å². The SMILES string of the molecule is CCC(=O)Nc1ccc(Oc2ncc(C)cc2N)c(OC(F)(F)F)c1. The number of nitrogens with zero attached hydrogens (tertiary/aromatic N) is 1. The van der Waals surface area contributed by atoms with Gasteiger partial charge in [-0.2, -0.15) is 0 Å². The average Bonchev–Trinajstić information content (AvgIpc) is 2.50. The summed E-state index contributed by atoms with van der Waals surface area (Å²) in [6.07, 6.45) is -3.29. The maximum atomic E-state index is 12.6. The third kappa shape index (κ3) is 5.27. The van der Waals surface area contributed by atoms with E-state index in [1.165, 1.54) is 18.3 Å². The Hall–Kier alpha value is -2.97. The van der Waals surface area contributed by atoms with Crippen molar-refractivity contribution in [3.63, 3.8) is 0 Å². The summed E-state index contributed by atoms with van der Waals surface area (Å²) in [5.41, 5.74) is 6.84. The topological polar surface area (TPSA) is 86.5 Å². The standard InChI is InChI=1S/C16H16F3N3O3/c1-3-14(23)22-10-4-5-12(13(7-10)25-16(17,18)19)24-15-11(20)6-9(2)8-21-15/h4-8H,3,20H2,1-2H3,(H,22,23). The van der Waals surface area contributed by atoms with Crippen molar-refractivity contribution < 1.29 is 27.4 Å². The number of nitrogen functional groups attached to an aromatic ring is 1. The van der Waals surface area contributed by atoms with Crippen LogP contribution in [0.5, 0.6) is 17.4 Å². The van der Waals surface area contributed by atoms with Crippen LogP contribution in [0.3, 0.4) is 0 Å². The molecule has 0 aliphatic heterocycles. The molecule has 0 aliphatic carbocycles. The van der Waals surface area contributed by atoms with Crippen molar-refractivity contribution in [3.8, 4) is 17.4 Å². The Labute approximate surface area is 141 Å². The van der Waals surface area contributed by atoms with Crippen LogP contribution >= 0.6 is 0 Å². The van der Waals surface area contributed by atoms with Crippen LogP contribution in [0.2, 0.25) is 0 Å². The Morgan fingerprint density at radius 1 is 1.28 bits per heavy atom. The molecule has 2 aromatic rings. The number of carbonyl (C=O) groups is 1. The average molecular weight is 355 g/mol. The Kier molecular flexibility index (Phi) is 5.35.